The third-order valence-corrected chi connectivity index (χ3v) is 5.70. The zero-order valence-electron chi connectivity index (χ0n) is 19.5. The number of hydrogen-bond donors (Lipinski definition) is 1. The molecule has 1 N–H and O–H groups in total. The van der Waals surface area contributed by atoms with Crippen LogP contribution in [-0.4, -0.2) is 23.6 Å². The number of carbonyl (C=O) groups is 2. The second kappa shape index (κ2) is 11.3. The van der Waals surface area contributed by atoms with Crippen molar-refractivity contribution < 1.29 is 19.4 Å². The van der Waals surface area contributed by atoms with Crippen molar-refractivity contribution in [1.82, 2.24) is 0 Å². The minimum atomic E-state index is -0.860. The van der Waals surface area contributed by atoms with Crippen molar-refractivity contribution in [2.45, 2.75) is 46.1 Å². The lowest BCUT2D eigenvalue weighted by Gasteiger charge is -2.26. The highest BCUT2D eigenvalue weighted by atomic mass is 16.5. The molecule has 0 aliphatic heterocycles. The fraction of sp³-hybridized carbons (Fsp3) is 0.286. The van der Waals surface area contributed by atoms with Gasteiger partial charge >= 0.3 is 5.97 Å². The number of rotatable bonds is 10. The van der Waals surface area contributed by atoms with E-state index in [0.29, 0.717) is 30.9 Å². The van der Waals surface area contributed by atoms with E-state index in [0.717, 1.165) is 28.8 Å². The summed E-state index contributed by atoms with van der Waals surface area (Å²) in [6.45, 7) is 6.68. The SMILES string of the molecule is CCCOc1cccc(C(=O)N(Cc2cccc(C(C)C(=O)O)c2CC)c2ccccc2)c1. The minimum Gasteiger partial charge on any atom is -0.494 e. The molecule has 33 heavy (non-hydrogen) atoms. The summed E-state index contributed by atoms with van der Waals surface area (Å²) in [6.07, 6.45) is 1.57. The maximum Gasteiger partial charge on any atom is 0.310 e. The number of nitrogens with zero attached hydrogens (tertiary/aromatic N) is 1. The summed E-state index contributed by atoms with van der Waals surface area (Å²) in [7, 11) is 0. The Hall–Kier alpha value is -3.60. The molecule has 3 aromatic rings. The van der Waals surface area contributed by atoms with Crippen molar-refractivity contribution in [1.29, 1.82) is 0 Å². The molecule has 0 fully saturated rings. The number of ether oxygens (including phenoxy) is 1. The third kappa shape index (κ3) is 5.80. The van der Waals surface area contributed by atoms with Crippen molar-refractivity contribution >= 4 is 17.6 Å². The van der Waals surface area contributed by atoms with E-state index >= 15 is 0 Å². The number of anilines is 1. The van der Waals surface area contributed by atoms with E-state index in [1.807, 2.05) is 74.5 Å². The number of benzene rings is 3. The van der Waals surface area contributed by atoms with Crippen molar-refractivity contribution in [3.05, 3.63) is 95.1 Å². The van der Waals surface area contributed by atoms with Gasteiger partial charge in [-0.25, -0.2) is 0 Å². The average Bonchev–Trinajstić information content (AvgIpc) is 2.85. The van der Waals surface area contributed by atoms with Gasteiger partial charge in [-0.3, -0.25) is 9.59 Å². The molecular weight excluding hydrogens is 414 g/mol. The van der Waals surface area contributed by atoms with Gasteiger partial charge in [0.05, 0.1) is 19.1 Å². The Balaban J connectivity index is 2.01. The van der Waals surface area contributed by atoms with E-state index in [-0.39, 0.29) is 5.91 Å². The standard InChI is InChI=1S/C28H31NO4/c1-4-17-33-24-15-9-11-21(18-24)27(30)29(23-13-7-6-8-14-23)19-22-12-10-16-26(25(22)5-2)20(3)28(31)32/h6-16,18,20H,4-5,17,19H2,1-3H3,(H,31,32). The predicted octanol–water partition coefficient (Wildman–Crippen LogP) is 6.07. The summed E-state index contributed by atoms with van der Waals surface area (Å²) in [5.41, 5.74) is 4.03. The predicted molar refractivity (Wildman–Crippen MR) is 131 cm³/mol. The molecule has 0 radical (unpaired) electrons. The Bertz CT molecular complexity index is 1090. The summed E-state index contributed by atoms with van der Waals surface area (Å²) < 4.78 is 5.72. The smallest absolute Gasteiger partial charge is 0.310 e. The van der Waals surface area contributed by atoms with Crippen LogP contribution >= 0.6 is 0 Å². The van der Waals surface area contributed by atoms with Crippen LogP contribution in [0.4, 0.5) is 5.69 Å². The molecular formula is C28H31NO4. The maximum absolute atomic E-state index is 13.7. The molecule has 5 nitrogen and oxygen atoms in total. The Morgan fingerprint density at radius 1 is 0.970 bits per heavy atom. The molecule has 172 valence electrons. The first kappa shape index (κ1) is 24.1. The van der Waals surface area contributed by atoms with E-state index < -0.39 is 11.9 Å². The number of carbonyl (C=O) groups excluding carboxylic acids is 1. The molecule has 0 heterocycles. The lowest BCUT2D eigenvalue weighted by Crippen LogP contribution is -2.31. The van der Waals surface area contributed by atoms with E-state index in [9.17, 15) is 14.7 Å². The van der Waals surface area contributed by atoms with Gasteiger partial charge in [-0.15, -0.1) is 0 Å². The van der Waals surface area contributed by atoms with Gasteiger partial charge in [0.15, 0.2) is 0 Å². The Kier molecular flexibility index (Phi) is 8.25. The van der Waals surface area contributed by atoms with E-state index in [2.05, 4.69) is 0 Å². The summed E-state index contributed by atoms with van der Waals surface area (Å²) in [6, 6.07) is 22.5. The Labute approximate surface area is 195 Å². The molecule has 1 amide bonds. The van der Waals surface area contributed by atoms with Gasteiger partial charge in [0, 0.05) is 11.3 Å². The Morgan fingerprint density at radius 3 is 2.36 bits per heavy atom. The first-order valence-electron chi connectivity index (χ1n) is 11.4. The molecule has 0 aliphatic rings. The van der Waals surface area contributed by atoms with Crippen molar-refractivity contribution in [3.8, 4) is 5.75 Å². The topological polar surface area (TPSA) is 66.8 Å². The summed E-state index contributed by atoms with van der Waals surface area (Å²) in [5, 5.41) is 9.55. The van der Waals surface area contributed by atoms with E-state index in [1.54, 1.807) is 24.0 Å². The number of aliphatic carboxylic acids is 1. The van der Waals surface area contributed by atoms with E-state index in [1.165, 1.54) is 0 Å². The van der Waals surface area contributed by atoms with Crippen LogP contribution < -0.4 is 9.64 Å². The molecule has 0 aromatic heterocycles. The van der Waals surface area contributed by atoms with Gasteiger partial charge in [0.2, 0.25) is 0 Å². The molecule has 0 bridgehead atoms. The molecule has 5 heteroatoms. The molecule has 3 rings (SSSR count). The van der Waals surface area contributed by atoms with Crippen LogP contribution in [0.2, 0.25) is 0 Å². The quantitative estimate of drug-likeness (QED) is 0.411. The van der Waals surface area contributed by atoms with Crippen LogP contribution in [0.15, 0.2) is 72.8 Å². The molecule has 0 saturated heterocycles. The second-order valence-corrected chi connectivity index (χ2v) is 8.00. The maximum atomic E-state index is 13.7. The lowest BCUT2D eigenvalue weighted by atomic mass is 9.90. The van der Waals surface area contributed by atoms with Crippen molar-refractivity contribution in [2.24, 2.45) is 0 Å². The van der Waals surface area contributed by atoms with Crippen LogP contribution in [0.5, 0.6) is 5.75 Å². The van der Waals surface area contributed by atoms with Gasteiger partial charge in [0.25, 0.3) is 5.91 Å². The third-order valence-electron chi connectivity index (χ3n) is 5.70. The molecule has 3 aromatic carbocycles. The summed E-state index contributed by atoms with van der Waals surface area (Å²) in [5.74, 6) is -0.945. The van der Waals surface area contributed by atoms with Crippen LogP contribution in [-0.2, 0) is 17.8 Å². The fourth-order valence-corrected chi connectivity index (χ4v) is 3.93. The summed E-state index contributed by atoms with van der Waals surface area (Å²) in [4.78, 5) is 27.1. The van der Waals surface area contributed by atoms with Crippen molar-refractivity contribution in [2.75, 3.05) is 11.5 Å². The first-order valence-corrected chi connectivity index (χ1v) is 11.4. The molecule has 0 aliphatic carbocycles. The van der Waals surface area contributed by atoms with Crippen LogP contribution in [0.25, 0.3) is 0 Å². The molecule has 1 unspecified atom stereocenters. The minimum absolute atomic E-state index is 0.137. The van der Waals surface area contributed by atoms with Gasteiger partial charge in [-0.2, -0.15) is 0 Å². The largest absolute Gasteiger partial charge is 0.494 e. The number of para-hydroxylation sites is 1. The highest BCUT2D eigenvalue weighted by Crippen LogP contribution is 2.28. The molecule has 0 spiro atoms. The highest BCUT2D eigenvalue weighted by molar-refractivity contribution is 6.06. The van der Waals surface area contributed by atoms with Crippen LogP contribution in [0.1, 0.15) is 60.2 Å². The number of carboxylic acid groups (broad SMARTS) is 1. The number of amides is 1. The number of hydrogen-bond acceptors (Lipinski definition) is 3. The van der Waals surface area contributed by atoms with Crippen LogP contribution in [0.3, 0.4) is 0 Å². The van der Waals surface area contributed by atoms with Gasteiger partial charge in [0.1, 0.15) is 5.75 Å². The Morgan fingerprint density at radius 2 is 1.70 bits per heavy atom. The highest BCUT2D eigenvalue weighted by Gasteiger charge is 2.23. The van der Waals surface area contributed by atoms with Crippen molar-refractivity contribution in [3.63, 3.8) is 0 Å². The fourth-order valence-electron chi connectivity index (χ4n) is 3.93. The molecule has 0 saturated carbocycles. The number of carboxylic acids is 1. The lowest BCUT2D eigenvalue weighted by molar-refractivity contribution is -0.138. The van der Waals surface area contributed by atoms with Gasteiger partial charge in [-0.05, 0) is 66.8 Å². The van der Waals surface area contributed by atoms with Crippen LogP contribution in [0, 0.1) is 0 Å². The summed E-state index contributed by atoms with van der Waals surface area (Å²) >= 11 is 0. The van der Waals surface area contributed by atoms with Gasteiger partial charge in [-0.1, -0.05) is 56.3 Å². The molecule has 1 atom stereocenters. The average molecular weight is 446 g/mol. The first-order chi connectivity index (χ1) is 16.0. The zero-order valence-corrected chi connectivity index (χ0v) is 19.5. The zero-order chi connectivity index (χ0) is 23.8. The normalized spacial score (nSPS) is 11.6. The monoisotopic (exact) mass is 445 g/mol. The second-order valence-electron chi connectivity index (χ2n) is 8.00. The van der Waals surface area contributed by atoms with Gasteiger partial charge < -0.3 is 14.7 Å². The van der Waals surface area contributed by atoms with E-state index in [4.69, 9.17) is 4.74 Å².